The third-order valence-corrected chi connectivity index (χ3v) is 2.39. The molecule has 0 saturated heterocycles. The van der Waals surface area contributed by atoms with Crippen molar-refractivity contribution in [2.24, 2.45) is 5.10 Å². The molecule has 0 unspecified atom stereocenters. The fourth-order valence-electron chi connectivity index (χ4n) is 1.42. The molecule has 2 nitrogen and oxygen atoms in total. The summed E-state index contributed by atoms with van der Waals surface area (Å²) in [7, 11) is 0. The van der Waals surface area contributed by atoms with Crippen molar-refractivity contribution in [2.75, 3.05) is 5.43 Å². The van der Waals surface area contributed by atoms with Crippen LogP contribution in [0.3, 0.4) is 0 Å². The van der Waals surface area contributed by atoms with Gasteiger partial charge in [0.2, 0.25) is 0 Å². The first-order chi connectivity index (χ1) is 8.25. The largest absolute Gasteiger partial charge is 0.278 e. The second kappa shape index (κ2) is 5.25. The first kappa shape index (κ1) is 11.3. The maximum absolute atomic E-state index is 12.7. The minimum Gasteiger partial charge on any atom is -0.278 e. The van der Waals surface area contributed by atoms with Crippen molar-refractivity contribution >= 4 is 11.4 Å². The number of anilines is 1. The summed E-state index contributed by atoms with van der Waals surface area (Å²) in [6.07, 6.45) is 0. The van der Waals surface area contributed by atoms with Crippen molar-refractivity contribution in [1.29, 1.82) is 0 Å². The molecule has 1 N–H and O–H groups in total. The molecular formula is C14H13FN2. The van der Waals surface area contributed by atoms with Crippen molar-refractivity contribution in [3.05, 3.63) is 66.0 Å². The smallest absolute Gasteiger partial charge is 0.123 e. The molecule has 0 bridgehead atoms. The van der Waals surface area contributed by atoms with Gasteiger partial charge in [0.1, 0.15) is 5.82 Å². The average Bonchev–Trinajstić information content (AvgIpc) is 2.38. The van der Waals surface area contributed by atoms with E-state index in [0.717, 1.165) is 17.0 Å². The minimum atomic E-state index is -0.238. The molecule has 17 heavy (non-hydrogen) atoms. The SMILES string of the molecule is CC(=NNc1ccccc1)c1ccc(F)cc1. The summed E-state index contributed by atoms with van der Waals surface area (Å²) in [5.74, 6) is -0.238. The van der Waals surface area contributed by atoms with Crippen molar-refractivity contribution in [1.82, 2.24) is 0 Å². The van der Waals surface area contributed by atoms with Gasteiger partial charge in [-0.05, 0) is 36.8 Å². The molecular weight excluding hydrogens is 215 g/mol. The summed E-state index contributed by atoms with van der Waals surface area (Å²) in [5.41, 5.74) is 5.59. The van der Waals surface area contributed by atoms with Crippen LogP contribution in [-0.4, -0.2) is 5.71 Å². The van der Waals surface area contributed by atoms with E-state index in [1.807, 2.05) is 37.3 Å². The third kappa shape index (κ3) is 3.14. The van der Waals surface area contributed by atoms with Gasteiger partial charge in [-0.1, -0.05) is 30.3 Å². The molecule has 2 aromatic rings. The highest BCUT2D eigenvalue weighted by Gasteiger charge is 1.97. The Bertz CT molecular complexity index is 504. The van der Waals surface area contributed by atoms with Crippen LogP contribution in [0, 0.1) is 5.82 Å². The van der Waals surface area contributed by atoms with Gasteiger partial charge in [0, 0.05) is 0 Å². The number of benzene rings is 2. The lowest BCUT2D eigenvalue weighted by molar-refractivity contribution is 0.628. The van der Waals surface area contributed by atoms with Crippen LogP contribution in [0.15, 0.2) is 59.7 Å². The first-order valence-electron chi connectivity index (χ1n) is 5.37. The summed E-state index contributed by atoms with van der Waals surface area (Å²) in [4.78, 5) is 0. The van der Waals surface area contributed by atoms with Gasteiger partial charge in [0.25, 0.3) is 0 Å². The highest BCUT2D eigenvalue weighted by molar-refractivity contribution is 5.99. The topological polar surface area (TPSA) is 24.4 Å². The molecule has 3 heteroatoms. The number of nitrogens with zero attached hydrogens (tertiary/aromatic N) is 1. The van der Waals surface area contributed by atoms with Gasteiger partial charge < -0.3 is 0 Å². The summed E-state index contributed by atoms with van der Waals surface area (Å²) < 4.78 is 12.7. The van der Waals surface area contributed by atoms with Gasteiger partial charge in [-0.2, -0.15) is 5.10 Å². The molecule has 0 amide bonds. The molecule has 0 saturated carbocycles. The quantitative estimate of drug-likeness (QED) is 0.629. The molecule has 0 aliphatic rings. The highest BCUT2D eigenvalue weighted by atomic mass is 19.1. The summed E-state index contributed by atoms with van der Waals surface area (Å²) in [6, 6.07) is 16.0. The van der Waals surface area contributed by atoms with Gasteiger partial charge in [-0.25, -0.2) is 4.39 Å². The van der Waals surface area contributed by atoms with Crippen LogP contribution in [0.4, 0.5) is 10.1 Å². The number of nitrogens with one attached hydrogen (secondary N) is 1. The number of para-hydroxylation sites is 1. The first-order valence-corrected chi connectivity index (χ1v) is 5.37. The Morgan fingerprint density at radius 1 is 1.00 bits per heavy atom. The molecule has 86 valence electrons. The van der Waals surface area contributed by atoms with E-state index in [0.29, 0.717) is 0 Å². The Morgan fingerprint density at radius 2 is 1.65 bits per heavy atom. The van der Waals surface area contributed by atoms with Gasteiger partial charge in [-0.3, -0.25) is 5.43 Å². The van der Waals surface area contributed by atoms with Crippen LogP contribution < -0.4 is 5.43 Å². The van der Waals surface area contributed by atoms with E-state index in [9.17, 15) is 4.39 Å². The molecule has 0 aromatic heterocycles. The van der Waals surface area contributed by atoms with Gasteiger partial charge in [0.15, 0.2) is 0 Å². The van der Waals surface area contributed by atoms with Crippen LogP contribution >= 0.6 is 0 Å². The Labute approximate surface area is 99.8 Å². The van der Waals surface area contributed by atoms with Gasteiger partial charge >= 0.3 is 0 Å². The zero-order valence-corrected chi connectivity index (χ0v) is 9.52. The average molecular weight is 228 g/mol. The van der Waals surface area contributed by atoms with Crippen LogP contribution in [0.2, 0.25) is 0 Å². The second-order valence-electron chi connectivity index (χ2n) is 3.68. The van der Waals surface area contributed by atoms with Crippen molar-refractivity contribution < 1.29 is 4.39 Å². The standard InChI is InChI=1S/C14H13FN2/c1-11(12-7-9-13(15)10-8-12)16-17-14-5-3-2-4-6-14/h2-10,17H,1H3. The second-order valence-corrected chi connectivity index (χ2v) is 3.68. The van der Waals surface area contributed by atoms with E-state index >= 15 is 0 Å². The fourth-order valence-corrected chi connectivity index (χ4v) is 1.42. The molecule has 0 aliphatic carbocycles. The Morgan fingerprint density at radius 3 is 2.29 bits per heavy atom. The van der Waals surface area contributed by atoms with Gasteiger partial charge in [-0.15, -0.1) is 0 Å². The van der Waals surface area contributed by atoms with Crippen LogP contribution in [-0.2, 0) is 0 Å². The number of rotatable bonds is 3. The maximum atomic E-state index is 12.7. The fraction of sp³-hybridized carbons (Fsp3) is 0.0714. The van der Waals surface area contributed by atoms with E-state index in [4.69, 9.17) is 0 Å². The lowest BCUT2D eigenvalue weighted by Crippen LogP contribution is -1.99. The molecule has 0 fully saturated rings. The Hall–Kier alpha value is -2.16. The molecule has 2 aromatic carbocycles. The normalized spacial score (nSPS) is 11.3. The summed E-state index contributed by atoms with van der Waals surface area (Å²) >= 11 is 0. The molecule has 0 atom stereocenters. The predicted octanol–water partition coefficient (Wildman–Crippen LogP) is 3.66. The molecule has 0 aliphatic heterocycles. The number of halogens is 1. The van der Waals surface area contributed by atoms with Crippen LogP contribution in [0.25, 0.3) is 0 Å². The number of hydrazone groups is 1. The van der Waals surface area contributed by atoms with E-state index in [1.165, 1.54) is 12.1 Å². The molecule has 2 rings (SSSR count). The highest BCUT2D eigenvalue weighted by Crippen LogP contribution is 2.07. The van der Waals surface area contributed by atoms with Crippen molar-refractivity contribution in [3.63, 3.8) is 0 Å². The summed E-state index contributed by atoms with van der Waals surface area (Å²) in [5, 5.41) is 4.24. The molecule has 0 heterocycles. The van der Waals surface area contributed by atoms with Crippen molar-refractivity contribution in [2.45, 2.75) is 6.92 Å². The minimum absolute atomic E-state index is 0.238. The van der Waals surface area contributed by atoms with E-state index in [-0.39, 0.29) is 5.82 Å². The Balaban J connectivity index is 2.10. The van der Waals surface area contributed by atoms with E-state index in [1.54, 1.807) is 12.1 Å². The van der Waals surface area contributed by atoms with Gasteiger partial charge in [0.05, 0.1) is 11.4 Å². The summed E-state index contributed by atoms with van der Waals surface area (Å²) in [6.45, 7) is 1.88. The number of hydrogen-bond donors (Lipinski definition) is 1. The monoisotopic (exact) mass is 228 g/mol. The van der Waals surface area contributed by atoms with Crippen molar-refractivity contribution in [3.8, 4) is 0 Å². The maximum Gasteiger partial charge on any atom is 0.123 e. The zero-order valence-electron chi connectivity index (χ0n) is 9.52. The Kier molecular flexibility index (Phi) is 3.50. The zero-order chi connectivity index (χ0) is 12.1. The van der Waals surface area contributed by atoms with Crippen LogP contribution in [0.1, 0.15) is 12.5 Å². The lowest BCUT2D eigenvalue weighted by Gasteiger charge is -2.03. The molecule has 0 radical (unpaired) electrons. The lowest BCUT2D eigenvalue weighted by atomic mass is 10.1. The third-order valence-electron chi connectivity index (χ3n) is 2.39. The van der Waals surface area contributed by atoms with E-state index in [2.05, 4.69) is 10.5 Å². The van der Waals surface area contributed by atoms with E-state index < -0.39 is 0 Å². The number of hydrogen-bond acceptors (Lipinski definition) is 2. The predicted molar refractivity (Wildman–Crippen MR) is 68.7 cm³/mol. The molecule has 0 spiro atoms. The van der Waals surface area contributed by atoms with Crippen LogP contribution in [0.5, 0.6) is 0 Å².